The van der Waals surface area contributed by atoms with Crippen molar-refractivity contribution in [3.05, 3.63) is 71.8 Å². The minimum atomic E-state index is -0.825. The number of imide groups is 1. The minimum absolute atomic E-state index is 0.191. The van der Waals surface area contributed by atoms with Gasteiger partial charge in [0.2, 0.25) is 11.8 Å². The Hall–Kier alpha value is -3.23. The van der Waals surface area contributed by atoms with Crippen LogP contribution in [0, 0.1) is 5.41 Å². The van der Waals surface area contributed by atoms with Crippen molar-refractivity contribution in [2.75, 3.05) is 40.8 Å². The van der Waals surface area contributed by atoms with Crippen LogP contribution in [0.2, 0.25) is 0 Å². The zero-order chi connectivity index (χ0) is 26.3. The van der Waals surface area contributed by atoms with Gasteiger partial charge in [0.15, 0.2) is 6.23 Å². The van der Waals surface area contributed by atoms with Crippen molar-refractivity contribution in [3.8, 4) is 0 Å². The van der Waals surface area contributed by atoms with E-state index in [0.29, 0.717) is 19.4 Å². The van der Waals surface area contributed by atoms with Crippen LogP contribution in [-0.4, -0.2) is 79.6 Å². The molecular formula is C28H38N4O4. The zero-order valence-corrected chi connectivity index (χ0v) is 21.9. The van der Waals surface area contributed by atoms with Crippen LogP contribution in [0.5, 0.6) is 0 Å². The molecule has 1 heterocycles. The van der Waals surface area contributed by atoms with Crippen molar-refractivity contribution in [2.24, 2.45) is 5.41 Å². The van der Waals surface area contributed by atoms with Crippen LogP contribution in [0.1, 0.15) is 43.9 Å². The number of likely N-dealkylation sites (N-methyl/N-ethyl adjacent to an activating group) is 2. The summed E-state index contributed by atoms with van der Waals surface area (Å²) in [7, 11) is 5.61. The molecule has 1 aliphatic heterocycles. The number of β-lactam (4-membered cyclic amide) rings is 1. The average Bonchev–Trinajstić information content (AvgIpc) is 2.89. The van der Waals surface area contributed by atoms with E-state index >= 15 is 0 Å². The van der Waals surface area contributed by atoms with Gasteiger partial charge in [-0.05, 0) is 38.1 Å². The van der Waals surface area contributed by atoms with Crippen LogP contribution in [0.4, 0.5) is 4.79 Å². The molecule has 4 amide bonds. The number of carbonyl (C=O) groups is 3. The van der Waals surface area contributed by atoms with Crippen molar-refractivity contribution in [1.82, 2.24) is 20.0 Å². The Morgan fingerprint density at radius 1 is 0.944 bits per heavy atom. The molecule has 2 aromatic carbocycles. The van der Waals surface area contributed by atoms with Crippen LogP contribution >= 0.6 is 0 Å². The predicted octanol–water partition coefficient (Wildman–Crippen LogP) is 3.50. The molecule has 1 atom stereocenters. The van der Waals surface area contributed by atoms with Gasteiger partial charge in [-0.3, -0.25) is 9.59 Å². The molecule has 8 nitrogen and oxygen atoms in total. The fraction of sp³-hybridized carbons (Fsp3) is 0.464. The van der Waals surface area contributed by atoms with Crippen LogP contribution in [0.15, 0.2) is 60.7 Å². The van der Waals surface area contributed by atoms with Gasteiger partial charge in [0.25, 0.3) is 0 Å². The first-order valence-corrected chi connectivity index (χ1v) is 12.5. The smallest absolute Gasteiger partial charge is 0.327 e. The number of nitrogens with one attached hydrogen (secondary N) is 1. The van der Waals surface area contributed by atoms with Gasteiger partial charge >= 0.3 is 6.03 Å². The van der Waals surface area contributed by atoms with Crippen LogP contribution < -0.4 is 5.32 Å². The normalized spacial score (nSPS) is 16.7. The molecule has 1 fully saturated rings. The molecule has 3 rings (SSSR count). The molecule has 0 aromatic heterocycles. The van der Waals surface area contributed by atoms with Gasteiger partial charge in [-0.15, -0.1) is 0 Å². The third kappa shape index (κ3) is 5.77. The summed E-state index contributed by atoms with van der Waals surface area (Å²) >= 11 is 0. The first-order chi connectivity index (χ1) is 17.2. The molecule has 1 aliphatic rings. The Morgan fingerprint density at radius 2 is 1.47 bits per heavy atom. The quantitative estimate of drug-likeness (QED) is 0.484. The van der Waals surface area contributed by atoms with E-state index in [9.17, 15) is 14.4 Å². The van der Waals surface area contributed by atoms with E-state index in [2.05, 4.69) is 5.32 Å². The van der Waals surface area contributed by atoms with E-state index in [4.69, 9.17) is 4.74 Å². The summed E-state index contributed by atoms with van der Waals surface area (Å²) in [6, 6.07) is 18.3. The van der Waals surface area contributed by atoms with Crippen molar-refractivity contribution >= 4 is 17.8 Å². The highest BCUT2D eigenvalue weighted by Crippen LogP contribution is 2.46. The second-order valence-electron chi connectivity index (χ2n) is 9.52. The first kappa shape index (κ1) is 27.4. The monoisotopic (exact) mass is 494 g/mol. The molecule has 1 unspecified atom stereocenters. The molecule has 194 valence electrons. The van der Waals surface area contributed by atoms with E-state index in [0.717, 1.165) is 22.6 Å². The Labute approximate surface area is 214 Å². The number of nitrogens with zero attached hydrogens (tertiary/aromatic N) is 3. The number of benzene rings is 2. The van der Waals surface area contributed by atoms with Crippen molar-refractivity contribution in [3.63, 3.8) is 0 Å². The molecule has 0 radical (unpaired) electrons. The summed E-state index contributed by atoms with van der Waals surface area (Å²) in [5, 5.41) is 3.03. The van der Waals surface area contributed by atoms with Crippen LogP contribution in [-0.2, 0) is 14.3 Å². The summed E-state index contributed by atoms with van der Waals surface area (Å²) in [6.45, 7) is 4.91. The van der Waals surface area contributed by atoms with Gasteiger partial charge in [-0.2, -0.15) is 0 Å². The number of amides is 4. The average molecular weight is 495 g/mol. The number of urea groups is 1. The summed E-state index contributed by atoms with van der Waals surface area (Å²) in [5.74, 6) is -0.465. The Bertz CT molecular complexity index is 985. The van der Waals surface area contributed by atoms with Gasteiger partial charge in [-0.1, -0.05) is 74.5 Å². The third-order valence-electron chi connectivity index (χ3n) is 7.04. The lowest BCUT2D eigenvalue weighted by atomic mass is 9.72. The molecule has 0 spiro atoms. The van der Waals surface area contributed by atoms with Crippen LogP contribution in [0.3, 0.4) is 0 Å². The van der Waals surface area contributed by atoms with Gasteiger partial charge in [0, 0.05) is 20.1 Å². The predicted molar refractivity (Wildman–Crippen MR) is 139 cm³/mol. The summed E-state index contributed by atoms with van der Waals surface area (Å²) < 4.78 is 6.00. The summed E-state index contributed by atoms with van der Waals surface area (Å²) in [4.78, 5) is 44.2. The first-order valence-electron chi connectivity index (χ1n) is 12.5. The number of carbonyl (C=O) groups excluding carboxylic acids is 3. The van der Waals surface area contributed by atoms with Crippen LogP contribution in [0.25, 0.3) is 0 Å². The Balaban J connectivity index is 1.78. The molecule has 0 bridgehead atoms. The highest BCUT2D eigenvalue weighted by atomic mass is 16.5. The lowest BCUT2D eigenvalue weighted by molar-refractivity contribution is -0.211. The van der Waals surface area contributed by atoms with E-state index < -0.39 is 23.7 Å². The fourth-order valence-corrected chi connectivity index (χ4v) is 4.55. The zero-order valence-electron chi connectivity index (χ0n) is 21.9. The Morgan fingerprint density at radius 3 is 1.94 bits per heavy atom. The molecule has 1 saturated heterocycles. The Kier molecular flexibility index (Phi) is 9.23. The largest absolute Gasteiger partial charge is 0.347 e. The minimum Gasteiger partial charge on any atom is -0.347 e. The van der Waals surface area contributed by atoms with Gasteiger partial charge in [0.05, 0.1) is 11.5 Å². The number of rotatable bonds is 11. The molecule has 0 aliphatic carbocycles. The van der Waals surface area contributed by atoms with Crippen molar-refractivity contribution < 1.29 is 19.1 Å². The number of likely N-dealkylation sites (tertiary alicyclic amines) is 1. The maximum atomic E-state index is 13.5. The molecule has 8 heteroatoms. The van der Waals surface area contributed by atoms with Gasteiger partial charge in [0.1, 0.15) is 6.61 Å². The third-order valence-corrected chi connectivity index (χ3v) is 7.04. The molecule has 2 aromatic rings. The second-order valence-corrected chi connectivity index (χ2v) is 9.52. The van der Waals surface area contributed by atoms with Crippen molar-refractivity contribution in [1.29, 1.82) is 0 Å². The SMILES string of the molecule is CCC1(CC)C(=O)N(C(=O)NC(c2ccccc2)c2ccccc2)C1OCC(=O)N(C)CCN(C)C. The number of hydrogen-bond acceptors (Lipinski definition) is 5. The highest BCUT2D eigenvalue weighted by molar-refractivity contribution is 6.03. The summed E-state index contributed by atoms with van der Waals surface area (Å²) in [6.07, 6.45) is 0.225. The molecule has 36 heavy (non-hydrogen) atoms. The summed E-state index contributed by atoms with van der Waals surface area (Å²) in [5.41, 5.74) is 0.976. The second kappa shape index (κ2) is 12.1. The van der Waals surface area contributed by atoms with E-state index in [1.807, 2.05) is 93.5 Å². The molecule has 0 saturated carbocycles. The van der Waals surface area contributed by atoms with Gasteiger partial charge in [-0.25, -0.2) is 9.69 Å². The van der Waals surface area contributed by atoms with E-state index in [1.165, 1.54) is 0 Å². The number of hydrogen-bond donors (Lipinski definition) is 1. The fourth-order valence-electron chi connectivity index (χ4n) is 4.55. The lowest BCUT2D eigenvalue weighted by Gasteiger charge is -2.53. The van der Waals surface area contributed by atoms with E-state index in [1.54, 1.807) is 11.9 Å². The maximum absolute atomic E-state index is 13.5. The lowest BCUT2D eigenvalue weighted by Crippen LogP contribution is -2.72. The number of ether oxygens (including phenoxy) is 1. The highest BCUT2D eigenvalue weighted by Gasteiger charge is 2.62. The molecular weight excluding hydrogens is 456 g/mol. The van der Waals surface area contributed by atoms with Gasteiger partial charge < -0.3 is 19.9 Å². The topological polar surface area (TPSA) is 82.2 Å². The molecule has 1 N–H and O–H groups in total. The van der Waals surface area contributed by atoms with E-state index in [-0.39, 0.29) is 18.4 Å². The maximum Gasteiger partial charge on any atom is 0.327 e. The van der Waals surface area contributed by atoms with Crippen molar-refractivity contribution in [2.45, 2.75) is 39.0 Å². The standard InChI is InChI=1S/C28H38N4O4/c1-6-28(7-2)25(34)32(26(28)36-20-23(33)31(5)19-18-30(3)4)27(35)29-24(21-14-10-8-11-15-21)22-16-12-9-13-17-22/h8-17,24,26H,6-7,18-20H2,1-5H3,(H,29,35).